The predicted molar refractivity (Wildman–Crippen MR) is 74.4 cm³/mol. The zero-order chi connectivity index (χ0) is 12.8. The van der Waals surface area contributed by atoms with E-state index in [1.54, 1.807) is 17.7 Å². The smallest absolute Gasteiger partial charge is 0.138 e. The maximum atomic E-state index is 5.48. The Balaban J connectivity index is 2.06. The molecule has 1 aliphatic rings. The molecule has 1 unspecified atom stereocenters. The number of ether oxygens (including phenoxy) is 1. The summed E-state index contributed by atoms with van der Waals surface area (Å²) in [4.78, 5) is 11.1. The third-order valence-electron chi connectivity index (χ3n) is 3.60. The second-order valence-corrected chi connectivity index (χ2v) is 6.38. The van der Waals surface area contributed by atoms with E-state index < -0.39 is 0 Å². The Hall–Kier alpha value is -1.20. The molecule has 0 bridgehead atoms. The van der Waals surface area contributed by atoms with E-state index >= 15 is 0 Å². The van der Waals surface area contributed by atoms with Gasteiger partial charge in [-0.1, -0.05) is 0 Å². The summed E-state index contributed by atoms with van der Waals surface area (Å²) in [7, 11) is 0. The van der Waals surface area contributed by atoms with E-state index in [-0.39, 0.29) is 5.54 Å². The molecule has 5 heteroatoms. The van der Waals surface area contributed by atoms with E-state index in [4.69, 9.17) is 4.74 Å². The largest absolute Gasteiger partial charge is 0.379 e. The zero-order valence-electron chi connectivity index (χ0n) is 10.9. The van der Waals surface area contributed by atoms with Crippen molar-refractivity contribution in [2.75, 3.05) is 18.5 Å². The van der Waals surface area contributed by atoms with Crippen molar-refractivity contribution in [3.8, 4) is 0 Å². The number of anilines is 1. The Labute approximate surface area is 110 Å². The fraction of sp³-hybridized carbons (Fsp3) is 0.538. The van der Waals surface area contributed by atoms with E-state index in [0.29, 0.717) is 0 Å². The number of aryl methyl sites for hydroxylation is 2. The summed E-state index contributed by atoms with van der Waals surface area (Å²) in [6.07, 6.45) is 2.65. The molecule has 4 nitrogen and oxygen atoms in total. The molecule has 96 valence electrons. The summed E-state index contributed by atoms with van der Waals surface area (Å²) in [5.41, 5.74) is 1.27. The van der Waals surface area contributed by atoms with E-state index in [1.165, 1.54) is 10.4 Å². The number of aromatic nitrogens is 2. The predicted octanol–water partition coefficient (Wildman–Crippen LogP) is 2.90. The van der Waals surface area contributed by atoms with Gasteiger partial charge in [-0.15, -0.1) is 11.3 Å². The summed E-state index contributed by atoms with van der Waals surface area (Å²) in [5, 5.41) is 4.71. The highest BCUT2D eigenvalue weighted by Crippen LogP contribution is 2.34. The molecule has 1 aliphatic heterocycles. The Bertz CT molecular complexity index is 587. The van der Waals surface area contributed by atoms with Crippen LogP contribution in [0, 0.1) is 13.8 Å². The maximum absolute atomic E-state index is 5.48. The molecule has 1 atom stereocenters. The number of nitrogens with zero attached hydrogens (tertiary/aromatic N) is 2. The van der Waals surface area contributed by atoms with Crippen molar-refractivity contribution < 1.29 is 4.74 Å². The minimum Gasteiger partial charge on any atom is -0.379 e. The van der Waals surface area contributed by atoms with Crippen LogP contribution < -0.4 is 5.32 Å². The summed E-state index contributed by atoms with van der Waals surface area (Å²) in [5.74, 6) is 0.940. The Morgan fingerprint density at radius 2 is 2.22 bits per heavy atom. The standard InChI is InChI=1S/C13H17N3OS/c1-8-9(2)18-12-10(8)11(14-7-15-12)16-13(3)4-5-17-6-13/h7H,4-6H2,1-3H3,(H,14,15,16). The van der Waals surface area contributed by atoms with Gasteiger partial charge in [-0.05, 0) is 32.8 Å². The van der Waals surface area contributed by atoms with E-state index in [0.717, 1.165) is 35.7 Å². The maximum Gasteiger partial charge on any atom is 0.138 e. The molecule has 3 heterocycles. The van der Waals surface area contributed by atoms with Gasteiger partial charge in [0, 0.05) is 11.5 Å². The molecule has 3 rings (SSSR count). The normalized spacial score (nSPS) is 23.7. The van der Waals surface area contributed by atoms with Gasteiger partial charge in [0.25, 0.3) is 0 Å². The van der Waals surface area contributed by atoms with Crippen LogP contribution in [-0.2, 0) is 4.74 Å². The number of nitrogens with one attached hydrogen (secondary N) is 1. The van der Waals surface area contributed by atoms with Crippen molar-refractivity contribution in [2.45, 2.75) is 32.7 Å². The highest BCUT2D eigenvalue weighted by Gasteiger charge is 2.30. The summed E-state index contributed by atoms with van der Waals surface area (Å²) >= 11 is 1.73. The monoisotopic (exact) mass is 263 g/mol. The topological polar surface area (TPSA) is 47.0 Å². The van der Waals surface area contributed by atoms with Crippen LogP contribution in [0.3, 0.4) is 0 Å². The number of rotatable bonds is 2. The van der Waals surface area contributed by atoms with Gasteiger partial charge < -0.3 is 10.1 Å². The SMILES string of the molecule is Cc1sc2ncnc(NC3(C)CCOC3)c2c1C. The average Bonchev–Trinajstić information content (AvgIpc) is 2.86. The second-order valence-electron chi connectivity index (χ2n) is 5.17. The van der Waals surface area contributed by atoms with Crippen molar-refractivity contribution in [3.05, 3.63) is 16.8 Å². The lowest BCUT2D eigenvalue weighted by atomic mass is 10.0. The molecule has 2 aromatic rings. The highest BCUT2D eigenvalue weighted by molar-refractivity contribution is 7.18. The molecule has 2 aromatic heterocycles. The molecule has 18 heavy (non-hydrogen) atoms. The van der Waals surface area contributed by atoms with Gasteiger partial charge in [0.2, 0.25) is 0 Å². The summed E-state index contributed by atoms with van der Waals surface area (Å²) in [6, 6.07) is 0. The summed E-state index contributed by atoms with van der Waals surface area (Å²) in [6.45, 7) is 8.00. The molecule has 1 saturated heterocycles. The number of fused-ring (bicyclic) bond motifs is 1. The number of hydrogen-bond donors (Lipinski definition) is 1. The second kappa shape index (κ2) is 4.17. The average molecular weight is 263 g/mol. The van der Waals surface area contributed by atoms with Crippen LogP contribution >= 0.6 is 11.3 Å². The van der Waals surface area contributed by atoms with Gasteiger partial charge in [0.1, 0.15) is 17.0 Å². The first-order valence-electron chi connectivity index (χ1n) is 6.16. The Morgan fingerprint density at radius 3 is 2.94 bits per heavy atom. The highest BCUT2D eigenvalue weighted by atomic mass is 32.1. The van der Waals surface area contributed by atoms with Crippen LogP contribution in [0.2, 0.25) is 0 Å². The molecular formula is C13H17N3OS. The van der Waals surface area contributed by atoms with Gasteiger partial charge in [0.05, 0.1) is 17.5 Å². The Morgan fingerprint density at radius 1 is 1.39 bits per heavy atom. The van der Waals surface area contributed by atoms with Crippen LogP contribution in [-0.4, -0.2) is 28.7 Å². The van der Waals surface area contributed by atoms with Crippen molar-refractivity contribution in [1.29, 1.82) is 0 Å². The summed E-state index contributed by atoms with van der Waals surface area (Å²) < 4.78 is 5.48. The van der Waals surface area contributed by atoms with Gasteiger partial charge in [-0.25, -0.2) is 9.97 Å². The molecule has 1 fully saturated rings. The van der Waals surface area contributed by atoms with Gasteiger partial charge in [-0.3, -0.25) is 0 Å². The van der Waals surface area contributed by atoms with Gasteiger partial charge >= 0.3 is 0 Å². The molecule has 0 saturated carbocycles. The third-order valence-corrected chi connectivity index (χ3v) is 4.72. The molecule has 0 aromatic carbocycles. The van der Waals surface area contributed by atoms with E-state index in [1.807, 2.05) is 0 Å². The lowest BCUT2D eigenvalue weighted by Gasteiger charge is -2.24. The zero-order valence-corrected chi connectivity index (χ0v) is 11.7. The molecular weight excluding hydrogens is 246 g/mol. The van der Waals surface area contributed by atoms with Crippen LogP contribution in [0.25, 0.3) is 10.2 Å². The minimum absolute atomic E-state index is 0.0104. The Kier molecular flexibility index (Phi) is 2.75. The van der Waals surface area contributed by atoms with Crippen molar-refractivity contribution in [1.82, 2.24) is 9.97 Å². The third kappa shape index (κ3) is 1.87. The van der Waals surface area contributed by atoms with Gasteiger partial charge in [0.15, 0.2) is 0 Å². The van der Waals surface area contributed by atoms with E-state index in [2.05, 4.69) is 36.1 Å². The fourth-order valence-electron chi connectivity index (χ4n) is 2.33. The quantitative estimate of drug-likeness (QED) is 0.905. The van der Waals surface area contributed by atoms with Crippen molar-refractivity contribution in [2.24, 2.45) is 0 Å². The van der Waals surface area contributed by atoms with Crippen molar-refractivity contribution in [3.63, 3.8) is 0 Å². The first-order chi connectivity index (χ1) is 8.59. The van der Waals surface area contributed by atoms with E-state index in [9.17, 15) is 0 Å². The fourth-order valence-corrected chi connectivity index (χ4v) is 3.33. The van der Waals surface area contributed by atoms with Crippen LogP contribution in [0.1, 0.15) is 23.8 Å². The molecule has 0 spiro atoms. The van der Waals surface area contributed by atoms with Crippen molar-refractivity contribution >= 4 is 27.4 Å². The lowest BCUT2D eigenvalue weighted by molar-refractivity contribution is 0.185. The van der Waals surface area contributed by atoms with Crippen LogP contribution in [0.4, 0.5) is 5.82 Å². The lowest BCUT2D eigenvalue weighted by Crippen LogP contribution is -2.35. The molecule has 0 aliphatic carbocycles. The number of hydrogen-bond acceptors (Lipinski definition) is 5. The molecule has 0 amide bonds. The number of thiophene rings is 1. The van der Waals surface area contributed by atoms with Gasteiger partial charge in [-0.2, -0.15) is 0 Å². The van der Waals surface area contributed by atoms with Crippen LogP contribution in [0.5, 0.6) is 0 Å². The first kappa shape index (κ1) is 11.9. The first-order valence-corrected chi connectivity index (χ1v) is 6.97. The molecule has 1 N–H and O–H groups in total. The van der Waals surface area contributed by atoms with Crippen LogP contribution in [0.15, 0.2) is 6.33 Å². The minimum atomic E-state index is -0.0104. The molecule has 0 radical (unpaired) electrons.